The van der Waals surface area contributed by atoms with Crippen molar-refractivity contribution in [1.29, 1.82) is 5.26 Å². The van der Waals surface area contributed by atoms with Crippen molar-refractivity contribution in [3.8, 4) is 6.07 Å². The van der Waals surface area contributed by atoms with Crippen LogP contribution in [-0.4, -0.2) is 5.60 Å². The molecule has 0 saturated carbocycles. The van der Waals surface area contributed by atoms with Crippen molar-refractivity contribution in [1.82, 2.24) is 0 Å². The summed E-state index contributed by atoms with van der Waals surface area (Å²) in [6, 6.07) is 2.15. The lowest BCUT2D eigenvalue weighted by Gasteiger charge is -2.26. The molecule has 0 aromatic rings. The second-order valence-electron chi connectivity index (χ2n) is 2.80. The van der Waals surface area contributed by atoms with E-state index in [0.29, 0.717) is 0 Å². The van der Waals surface area contributed by atoms with Gasteiger partial charge in [-0.1, -0.05) is 0 Å². The molecule has 0 radical (unpaired) electrons. The molecular formula is C8H11NO. The van der Waals surface area contributed by atoms with E-state index in [-0.39, 0.29) is 0 Å². The van der Waals surface area contributed by atoms with Gasteiger partial charge in [-0.2, -0.15) is 5.26 Å². The summed E-state index contributed by atoms with van der Waals surface area (Å²) in [4.78, 5) is 0. The third-order valence-electron chi connectivity index (χ3n) is 1.68. The van der Waals surface area contributed by atoms with E-state index in [1.165, 1.54) is 0 Å². The molecule has 0 amide bonds. The molecule has 1 rings (SSSR count). The van der Waals surface area contributed by atoms with Gasteiger partial charge in [-0.3, -0.25) is 0 Å². The Balaban J connectivity index is 2.71. The maximum absolute atomic E-state index is 8.67. The van der Waals surface area contributed by atoms with Crippen LogP contribution in [0.2, 0.25) is 0 Å². The highest BCUT2D eigenvalue weighted by Gasteiger charge is 2.27. The van der Waals surface area contributed by atoms with Crippen LogP contribution in [0.25, 0.3) is 0 Å². The van der Waals surface area contributed by atoms with E-state index in [2.05, 4.69) is 6.07 Å². The molecular weight excluding hydrogens is 126 g/mol. The largest absolute Gasteiger partial charge is 0.478 e. The molecule has 0 saturated heterocycles. The molecule has 2 heteroatoms. The minimum Gasteiger partial charge on any atom is -0.478 e. The molecule has 0 aromatic carbocycles. The fraction of sp³-hybridized carbons (Fsp3) is 0.625. The maximum atomic E-state index is 8.67. The molecule has 0 aliphatic carbocycles. The first kappa shape index (κ1) is 7.14. The zero-order chi connectivity index (χ0) is 7.61. The number of rotatable bonds is 0. The van der Waals surface area contributed by atoms with Crippen molar-refractivity contribution < 1.29 is 4.74 Å². The molecule has 0 spiro atoms. The van der Waals surface area contributed by atoms with Crippen molar-refractivity contribution in [3.05, 3.63) is 11.8 Å². The van der Waals surface area contributed by atoms with Crippen LogP contribution >= 0.6 is 0 Å². The smallest absolute Gasteiger partial charge is 0.191 e. The number of hydrogen-bond acceptors (Lipinski definition) is 2. The number of nitriles is 1. The fourth-order valence-corrected chi connectivity index (χ4v) is 1.08. The van der Waals surface area contributed by atoms with Crippen LogP contribution < -0.4 is 0 Å². The summed E-state index contributed by atoms with van der Waals surface area (Å²) in [5, 5.41) is 8.67. The van der Waals surface area contributed by atoms with Crippen LogP contribution in [0.4, 0.5) is 0 Å². The van der Waals surface area contributed by atoms with Crippen molar-refractivity contribution in [2.45, 2.75) is 32.3 Å². The third kappa shape index (κ3) is 1.30. The Bertz CT molecular complexity index is 202. The van der Waals surface area contributed by atoms with E-state index in [1.807, 2.05) is 19.9 Å². The van der Waals surface area contributed by atoms with E-state index < -0.39 is 5.60 Å². The van der Waals surface area contributed by atoms with Gasteiger partial charge in [0, 0.05) is 6.42 Å². The zero-order valence-corrected chi connectivity index (χ0v) is 6.35. The van der Waals surface area contributed by atoms with Gasteiger partial charge in [0.25, 0.3) is 0 Å². The monoisotopic (exact) mass is 137 g/mol. The molecule has 1 heterocycles. The van der Waals surface area contributed by atoms with Gasteiger partial charge in [0.05, 0.1) is 5.76 Å². The molecule has 0 aromatic heterocycles. The van der Waals surface area contributed by atoms with Gasteiger partial charge in [0.15, 0.2) is 5.60 Å². The summed E-state index contributed by atoms with van der Waals surface area (Å²) in [7, 11) is 0. The number of nitrogens with zero attached hydrogens (tertiary/aromatic N) is 1. The van der Waals surface area contributed by atoms with Crippen molar-refractivity contribution in [2.24, 2.45) is 0 Å². The second kappa shape index (κ2) is 2.34. The number of hydrogen-bond donors (Lipinski definition) is 0. The Morgan fingerprint density at radius 1 is 1.80 bits per heavy atom. The Kier molecular flexibility index (Phi) is 1.67. The van der Waals surface area contributed by atoms with Crippen LogP contribution in [-0.2, 0) is 4.74 Å². The Morgan fingerprint density at radius 3 is 2.90 bits per heavy atom. The van der Waals surface area contributed by atoms with Gasteiger partial charge < -0.3 is 4.74 Å². The Hall–Kier alpha value is -0.970. The van der Waals surface area contributed by atoms with Crippen LogP contribution in [0.15, 0.2) is 11.8 Å². The van der Waals surface area contributed by atoms with Crippen molar-refractivity contribution >= 4 is 0 Å². The van der Waals surface area contributed by atoms with Crippen LogP contribution in [0.1, 0.15) is 26.7 Å². The minimum atomic E-state index is -0.571. The molecule has 1 aliphatic heterocycles. The van der Waals surface area contributed by atoms with E-state index in [9.17, 15) is 0 Å². The van der Waals surface area contributed by atoms with Gasteiger partial charge in [0.1, 0.15) is 6.07 Å². The van der Waals surface area contributed by atoms with E-state index in [0.717, 1.165) is 18.6 Å². The fourth-order valence-electron chi connectivity index (χ4n) is 1.08. The first-order valence-electron chi connectivity index (χ1n) is 3.43. The summed E-state index contributed by atoms with van der Waals surface area (Å²) in [6.45, 7) is 3.71. The highest BCUT2D eigenvalue weighted by atomic mass is 16.5. The van der Waals surface area contributed by atoms with Gasteiger partial charge >= 0.3 is 0 Å². The summed E-state index contributed by atoms with van der Waals surface area (Å²) in [5.74, 6) is 0.871. The van der Waals surface area contributed by atoms with Gasteiger partial charge in [-0.25, -0.2) is 0 Å². The van der Waals surface area contributed by atoms with E-state index in [1.54, 1.807) is 0 Å². The average molecular weight is 137 g/mol. The molecule has 2 nitrogen and oxygen atoms in total. The summed E-state index contributed by atoms with van der Waals surface area (Å²) >= 11 is 0. The predicted octanol–water partition coefficient (Wildman–Crippen LogP) is 1.98. The molecule has 10 heavy (non-hydrogen) atoms. The quantitative estimate of drug-likeness (QED) is 0.511. The van der Waals surface area contributed by atoms with Gasteiger partial charge in [-0.15, -0.1) is 0 Å². The normalized spacial score (nSPS) is 31.9. The summed E-state index contributed by atoms with van der Waals surface area (Å²) in [5.41, 5.74) is -0.571. The SMILES string of the molecule is CC1=CCCC(C)(C#N)O1. The Labute approximate surface area is 61.1 Å². The first-order valence-corrected chi connectivity index (χ1v) is 3.43. The first-order chi connectivity index (χ1) is 4.66. The third-order valence-corrected chi connectivity index (χ3v) is 1.68. The summed E-state index contributed by atoms with van der Waals surface area (Å²) in [6.07, 6.45) is 3.77. The van der Waals surface area contributed by atoms with Crippen LogP contribution in [0, 0.1) is 11.3 Å². The summed E-state index contributed by atoms with van der Waals surface area (Å²) < 4.78 is 5.32. The van der Waals surface area contributed by atoms with E-state index in [4.69, 9.17) is 10.00 Å². The molecule has 1 aliphatic rings. The van der Waals surface area contributed by atoms with Crippen LogP contribution in [0.3, 0.4) is 0 Å². The van der Waals surface area contributed by atoms with Crippen molar-refractivity contribution in [2.75, 3.05) is 0 Å². The molecule has 0 N–H and O–H groups in total. The lowest BCUT2D eigenvalue weighted by atomic mass is 9.99. The van der Waals surface area contributed by atoms with E-state index >= 15 is 0 Å². The number of allylic oxidation sites excluding steroid dienone is 2. The highest BCUT2D eigenvalue weighted by molar-refractivity contribution is 5.08. The van der Waals surface area contributed by atoms with Gasteiger partial charge in [-0.05, 0) is 26.3 Å². The highest BCUT2D eigenvalue weighted by Crippen LogP contribution is 2.25. The molecule has 1 unspecified atom stereocenters. The second-order valence-corrected chi connectivity index (χ2v) is 2.80. The average Bonchev–Trinajstić information content (AvgIpc) is 1.88. The van der Waals surface area contributed by atoms with Crippen molar-refractivity contribution in [3.63, 3.8) is 0 Å². The van der Waals surface area contributed by atoms with Gasteiger partial charge in [0.2, 0.25) is 0 Å². The molecule has 1 atom stereocenters. The molecule has 0 bridgehead atoms. The standard InChI is InChI=1S/C8H11NO/c1-7-4-3-5-8(2,6-9)10-7/h4H,3,5H2,1-2H3. The topological polar surface area (TPSA) is 33.0 Å². The Morgan fingerprint density at radius 2 is 2.50 bits per heavy atom. The maximum Gasteiger partial charge on any atom is 0.191 e. The minimum absolute atomic E-state index is 0.571. The zero-order valence-electron chi connectivity index (χ0n) is 6.35. The predicted molar refractivity (Wildman–Crippen MR) is 38.1 cm³/mol. The van der Waals surface area contributed by atoms with Crippen LogP contribution in [0.5, 0.6) is 0 Å². The lowest BCUT2D eigenvalue weighted by molar-refractivity contribution is 0.0501. The lowest BCUT2D eigenvalue weighted by Crippen LogP contribution is -2.27. The molecule has 0 fully saturated rings. The number of ether oxygens (including phenoxy) is 1. The molecule has 54 valence electrons.